The van der Waals surface area contributed by atoms with Crippen molar-refractivity contribution in [1.82, 2.24) is 9.62 Å². The Hall–Kier alpha value is -1.87. The monoisotopic (exact) mass is 370 g/mol. The molecule has 1 aliphatic carbocycles. The molecule has 8 nitrogen and oxygen atoms in total. The molecule has 2 fully saturated rings. The third kappa shape index (κ3) is 4.21. The summed E-state index contributed by atoms with van der Waals surface area (Å²) in [6.45, 7) is 1.12. The third-order valence-electron chi connectivity index (χ3n) is 4.76. The molecule has 0 spiro atoms. The van der Waals surface area contributed by atoms with Gasteiger partial charge in [0, 0.05) is 25.6 Å². The van der Waals surface area contributed by atoms with Crippen molar-refractivity contribution in [2.45, 2.75) is 37.2 Å². The maximum atomic E-state index is 12.5. The molecule has 138 valence electrons. The quantitative estimate of drug-likeness (QED) is 0.747. The summed E-state index contributed by atoms with van der Waals surface area (Å²) < 4.78 is 31.1. The molecule has 0 atom stereocenters. The zero-order valence-corrected chi connectivity index (χ0v) is 14.6. The van der Waals surface area contributed by atoms with Crippen molar-refractivity contribution < 1.29 is 27.5 Å². The van der Waals surface area contributed by atoms with Gasteiger partial charge >= 0.3 is 5.97 Å². The van der Waals surface area contributed by atoms with Crippen LogP contribution in [-0.2, 0) is 14.8 Å². The average molecular weight is 370 g/mol. The Balaban J connectivity index is 1.53. The van der Waals surface area contributed by atoms with Gasteiger partial charge in [0.05, 0.1) is 0 Å². The molecule has 2 N–H and O–H groups in total. The van der Waals surface area contributed by atoms with Crippen LogP contribution in [0.1, 0.15) is 42.7 Å². The van der Waals surface area contributed by atoms with Crippen molar-refractivity contribution in [3.05, 3.63) is 17.9 Å². The molecule has 1 saturated carbocycles. The van der Waals surface area contributed by atoms with Crippen molar-refractivity contribution in [3.8, 4) is 0 Å². The second kappa shape index (κ2) is 7.17. The topological polar surface area (TPSA) is 117 Å². The van der Waals surface area contributed by atoms with E-state index in [2.05, 4.69) is 5.32 Å². The molecule has 25 heavy (non-hydrogen) atoms. The average Bonchev–Trinajstić information content (AvgIpc) is 3.26. The van der Waals surface area contributed by atoms with Crippen LogP contribution in [0.15, 0.2) is 21.6 Å². The van der Waals surface area contributed by atoms with Crippen LogP contribution in [0.25, 0.3) is 0 Å². The molecule has 1 amide bonds. The first-order chi connectivity index (χ1) is 11.9. The molecular formula is C16H22N2O6S. The fourth-order valence-electron chi connectivity index (χ4n) is 3.01. The highest BCUT2D eigenvalue weighted by molar-refractivity contribution is 7.89. The Kier molecular flexibility index (Phi) is 5.14. The van der Waals surface area contributed by atoms with Crippen LogP contribution in [-0.4, -0.2) is 49.3 Å². The predicted octanol–water partition coefficient (Wildman–Crippen LogP) is 1.29. The van der Waals surface area contributed by atoms with E-state index in [0.29, 0.717) is 19.4 Å². The number of hydrogen-bond acceptors (Lipinski definition) is 5. The summed E-state index contributed by atoms with van der Waals surface area (Å²) in [4.78, 5) is 23.0. The molecule has 0 bridgehead atoms. The van der Waals surface area contributed by atoms with Gasteiger partial charge < -0.3 is 14.8 Å². The summed E-state index contributed by atoms with van der Waals surface area (Å²) in [6.07, 6.45) is 4.41. The Morgan fingerprint density at radius 2 is 1.88 bits per heavy atom. The molecule has 1 saturated heterocycles. The minimum Gasteiger partial charge on any atom is -0.475 e. The summed E-state index contributed by atoms with van der Waals surface area (Å²) in [5, 5.41) is 11.4. The molecule has 1 aliphatic heterocycles. The second-order valence-electron chi connectivity index (χ2n) is 6.63. The Bertz CT molecular complexity index is 744. The van der Waals surface area contributed by atoms with E-state index in [1.54, 1.807) is 0 Å². The van der Waals surface area contributed by atoms with E-state index in [0.717, 1.165) is 24.5 Å². The molecule has 3 rings (SSSR count). The third-order valence-corrected chi connectivity index (χ3v) is 6.53. The first-order valence-corrected chi connectivity index (χ1v) is 9.93. The zero-order valence-electron chi connectivity index (χ0n) is 13.8. The van der Waals surface area contributed by atoms with Crippen LogP contribution in [0.3, 0.4) is 0 Å². The summed E-state index contributed by atoms with van der Waals surface area (Å²) in [7, 11) is -3.87. The molecule has 1 aromatic heterocycles. The van der Waals surface area contributed by atoms with Gasteiger partial charge in [-0.1, -0.05) is 12.8 Å². The molecule has 9 heteroatoms. The molecule has 2 heterocycles. The summed E-state index contributed by atoms with van der Waals surface area (Å²) in [6, 6.07) is 2.27. The lowest BCUT2D eigenvalue weighted by atomic mass is 9.97. The number of rotatable bonds is 7. The van der Waals surface area contributed by atoms with E-state index < -0.39 is 21.8 Å². The smallest absolute Gasteiger partial charge is 0.371 e. The van der Waals surface area contributed by atoms with E-state index in [9.17, 15) is 18.0 Å². The lowest BCUT2D eigenvalue weighted by molar-refractivity contribution is -0.126. The highest BCUT2D eigenvalue weighted by Crippen LogP contribution is 2.31. The van der Waals surface area contributed by atoms with E-state index >= 15 is 0 Å². The van der Waals surface area contributed by atoms with Crippen molar-refractivity contribution >= 4 is 21.9 Å². The standard InChI is InChI=1S/C16H22N2O6S/c19-15(17-8-5-11-1-2-11)12-6-9-18(10-7-12)25(22,23)14-4-3-13(24-14)16(20)21/h3-4,11-12H,1-2,5-10H2,(H,17,19)(H,20,21). The van der Waals surface area contributed by atoms with Crippen LogP contribution in [0.5, 0.6) is 0 Å². The van der Waals surface area contributed by atoms with Crippen molar-refractivity contribution in [2.24, 2.45) is 11.8 Å². The number of furan rings is 1. The first-order valence-electron chi connectivity index (χ1n) is 8.49. The highest BCUT2D eigenvalue weighted by atomic mass is 32.2. The predicted molar refractivity (Wildman–Crippen MR) is 87.5 cm³/mol. The number of hydrogen-bond donors (Lipinski definition) is 2. The number of amides is 1. The number of carboxylic acid groups (broad SMARTS) is 1. The minimum absolute atomic E-state index is 0.0103. The van der Waals surface area contributed by atoms with Gasteiger partial charge in [-0.25, -0.2) is 13.2 Å². The number of sulfonamides is 1. The Labute approximate surface area is 146 Å². The lowest BCUT2D eigenvalue weighted by Crippen LogP contribution is -2.43. The summed E-state index contributed by atoms with van der Waals surface area (Å²) in [5.41, 5.74) is 0. The summed E-state index contributed by atoms with van der Waals surface area (Å²) >= 11 is 0. The molecule has 0 unspecified atom stereocenters. The van der Waals surface area contributed by atoms with Crippen LogP contribution < -0.4 is 5.32 Å². The number of aromatic carboxylic acids is 1. The van der Waals surface area contributed by atoms with Gasteiger partial charge in [-0.15, -0.1) is 0 Å². The van der Waals surface area contributed by atoms with Gasteiger partial charge in [0.1, 0.15) is 0 Å². The van der Waals surface area contributed by atoms with Crippen LogP contribution in [0.4, 0.5) is 0 Å². The number of nitrogens with zero attached hydrogens (tertiary/aromatic N) is 1. The Morgan fingerprint density at radius 3 is 2.44 bits per heavy atom. The Morgan fingerprint density at radius 1 is 1.20 bits per heavy atom. The fraction of sp³-hybridized carbons (Fsp3) is 0.625. The SMILES string of the molecule is O=C(O)c1ccc(S(=O)(=O)N2CCC(C(=O)NCCC3CC3)CC2)o1. The van der Waals surface area contributed by atoms with Crippen LogP contribution >= 0.6 is 0 Å². The van der Waals surface area contributed by atoms with E-state index in [-0.39, 0.29) is 30.0 Å². The second-order valence-corrected chi connectivity index (χ2v) is 8.49. The minimum atomic E-state index is -3.87. The normalized spacial score (nSPS) is 19.7. The van der Waals surface area contributed by atoms with Gasteiger partial charge in [0.2, 0.25) is 16.8 Å². The maximum absolute atomic E-state index is 12.5. The molecule has 0 radical (unpaired) electrons. The van der Waals surface area contributed by atoms with Crippen molar-refractivity contribution in [3.63, 3.8) is 0 Å². The van der Waals surface area contributed by atoms with Gasteiger partial charge in [0.15, 0.2) is 0 Å². The van der Waals surface area contributed by atoms with Gasteiger partial charge in [-0.2, -0.15) is 4.31 Å². The molecule has 0 aromatic carbocycles. The van der Waals surface area contributed by atoms with E-state index in [1.165, 1.54) is 17.1 Å². The molecule has 1 aromatic rings. The number of carboxylic acids is 1. The van der Waals surface area contributed by atoms with E-state index in [4.69, 9.17) is 9.52 Å². The van der Waals surface area contributed by atoms with Crippen LogP contribution in [0.2, 0.25) is 0 Å². The zero-order chi connectivity index (χ0) is 18.0. The van der Waals surface area contributed by atoms with Gasteiger partial charge in [-0.3, -0.25) is 4.79 Å². The van der Waals surface area contributed by atoms with Crippen LogP contribution in [0, 0.1) is 11.8 Å². The largest absolute Gasteiger partial charge is 0.475 e. The van der Waals surface area contributed by atoms with Crippen molar-refractivity contribution in [2.75, 3.05) is 19.6 Å². The number of carbonyl (C=O) groups excluding carboxylic acids is 1. The van der Waals surface area contributed by atoms with Gasteiger partial charge in [-0.05, 0) is 37.3 Å². The van der Waals surface area contributed by atoms with Crippen molar-refractivity contribution in [1.29, 1.82) is 0 Å². The van der Waals surface area contributed by atoms with E-state index in [1.807, 2.05) is 0 Å². The maximum Gasteiger partial charge on any atom is 0.371 e. The lowest BCUT2D eigenvalue weighted by Gasteiger charge is -2.29. The van der Waals surface area contributed by atoms with Gasteiger partial charge in [0.25, 0.3) is 10.0 Å². The number of carbonyl (C=O) groups is 2. The number of nitrogens with one attached hydrogen (secondary N) is 1. The molecule has 2 aliphatic rings. The fourth-order valence-corrected chi connectivity index (χ4v) is 4.39. The summed E-state index contributed by atoms with van der Waals surface area (Å²) in [5.74, 6) is -1.16. The first kappa shape index (κ1) is 17.9. The molecular weight excluding hydrogens is 348 g/mol. The number of piperidine rings is 1. The highest BCUT2D eigenvalue weighted by Gasteiger charge is 2.34.